The van der Waals surface area contributed by atoms with Crippen molar-refractivity contribution in [3.8, 4) is 12.3 Å². The Morgan fingerprint density at radius 1 is 1.76 bits per heavy atom. The SMILES string of the molecule is C#CCNC(=O)C(C)n1cc(S(=O)(=O)Cl)cn1. The predicted molar refractivity (Wildman–Crippen MR) is 61.8 cm³/mol. The van der Waals surface area contributed by atoms with Gasteiger partial charge in [-0.3, -0.25) is 9.48 Å². The van der Waals surface area contributed by atoms with E-state index < -0.39 is 15.1 Å². The monoisotopic (exact) mass is 275 g/mol. The molecule has 0 spiro atoms. The summed E-state index contributed by atoms with van der Waals surface area (Å²) in [5, 5.41) is 6.21. The van der Waals surface area contributed by atoms with Crippen molar-refractivity contribution in [3.05, 3.63) is 12.4 Å². The number of nitrogens with one attached hydrogen (secondary N) is 1. The first-order valence-electron chi connectivity index (χ1n) is 4.56. The average Bonchev–Trinajstić information content (AvgIpc) is 2.73. The van der Waals surface area contributed by atoms with Crippen LogP contribution in [0.1, 0.15) is 13.0 Å². The third-order valence-electron chi connectivity index (χ3n) is 2.00. The number of terminal acetylenes is 1. The van der Waals surface area contributed by atoms with Gasteiger partial charge in [0.15, 0.2) is 0 Å². The number of carbonyl (C=O) groups excluding carboxylic acids is 1. The second-order valence-corrected chi connectivity index (χ2v) is 5.76. The van der Waals surface area contributed by atoms with Crippen LogP contribution in [0.15, 0.2) is 17.3 Å². The number of halogens is 1. The lowest BCUT2D eigenvalue weighted by Crippen LogP contribution is -2.31. The summed E-state index contributed by atoms with van der Waals surface area (Å²) in [5.41, 5.74) is 0. The molecule has 0 saturated carbocycles. The van der Waals surface area contributed by atoms with E-state index >= 15 is 0 Å². The molecule has 1 atom stereocenters. The molecule has 1 heterocycles. The van der Waals surface area contributed by atoms with Crippen molar-refractivity contribution in [1.29, 1.82) is 0 Å². The number of carbonyl (C=O) groups is 1. The molecule has 0 aliphatic carbocycles. The van der Waals surface area contributed by atoms with Crippen molar-refractivity contribution in [3.63, 3.8) is 0 Å². The van der Waals surface area contributed by atoms with E-state index in [4.69, 9.17) is 17.1 Å². The summed E-state index contributed by atoms with van der Waals surface area (Å²) in [6.07, 6.45) is 7.25. The number of nitrogens with zero attached hydrogens (tertiary/aromatic N) is 2. The van der Waals surface area contributed by atoms with Crippen LogP contribution in [-0.4, -0.2) is 30.7 Å². The molecular weight excluding hydrogens is 266 g/mol. The lowest BCUT2D eigenvalue weighted by molar-refractivity contribution is -0.123. The van der Waals surface area contributed by atoms with Crippen LogP contribution in [-0.2, 0) is 13.8 Å². The van der Waals surface area contributed by atoms with E-state index in [0.717, 1.165) is 6.20 Å². The van der Waals surface area contributed by atoms with Gasteiger partial charge in [-0.25, -0.2) is 8.42 Å². The van der Waals surface area contributed by atoms with E-state index in [1.807, 2.05) is 0 Å². The second kappa shape index (κ2) is 5.21. The Hall–Kier alpha value is -1.52. The standard InChI is InChI=1S/C9H10ClN3O3S/c1-3-4-11-9(14)7(2)13-6-8(5-12-13)17(10,15)16/h1,5-7H,4H2,2H3,(H,11,14). The zero-order valence-corrected chi connectivity index (χ0v) is 10.5. The Labute approximate surface area is 103 Å². The van der Waals surface area contributed by atoms with E-state index in [1.165, 1.54) is 10.9 Å². The van der Waals surface area contributed by atoms with Gasteiger partial charge < -0.3 is 5.32 Å². The topological polar surface area (TPSA) is 81.1 Å². The van der Waals surface area contributed by atoms with Gasteiger partial charge in [-0.05, 0) is 6.92 Å². The Balaban J connectivity index is 2.84. The molecule has 8 heteroatoms. The second-order valence-electron chi connectivity index (χ2n) is 3.19. The molecule has 1 N–H and O–H groups in total. The molecule has 0 fully saturated rings. The fraction of sp³-hybridized carbons (Fsp3) is 0.333. The van der Waals surface area contributed by atoms with Gasteiger partial charge in [-0.15, -0.1) is 6.42 Å². The minimum absolute atomic E-state index is 0.102. The summed E-state index contributed by atoms with van der Waals surface area (Å²) >= 11 is 0. The highest BCUT2D eigenvalue weighted by atomic mass is 35.7. The number of hydrogen-bond donors (Lipinski definition) is 1. The quantitative estimate of drug-likeness (QED) is 0.625. The van der Waals surface area contributed by atoms with E-state index in [1.54, 1.807) is 6.92 Å². The molecule has 0 aliphatic heterocycles. The third-order valence-corrected chi connectivity index (χ3v) is 3.31. The van der Waals surface area contributed by atoms with E-state index in [0.29, 0.717) is 0 Å². The van der Waals surface area contributed by atoms with Gasteiger partial charge in [0.05, 0.1) is 12.7 Å². The van der Waals surface area contributed by atoms with Gasteiger partial charge in [-0.2, -0.15) is 5.10 Å². The first-order valence-corrected chi connectivity index (χ1v) is 6.87. The predicted octanol–water partition coefficient (Wildman–Crippen LogP) is 0.121. The molecule has 1 unspecified atom stereocenters. The van der Waals surface area contributed by atoms with Gasteiger partial charge in [0.2, 0.25) is 5.91 Å². The Morgan fingerprint density at radius 3 is 2.88 bits per heavy atom. The number of aromatic nitrogens is 2. The van der Waals surface area contributed by atoms with Crippen molar-refractivity contribution >= 4 is 25.6 Å². The van der Waals surface area contributed by atoms with Crippen LogP contribution in [0, 0.1) is 12.3 Å². The summed E-state index contributed by atoms with van der Waals surface area (Å²) < 4.78 is 23.2. The normalized spacial score (nSPS) is 12.8. The van der Waals surface area contributed by atoms with Crippen LogP contribution in [0.25, 0.3) is 0 Å². The molecule has 0 aliphatic rings. The molecule has 1 amide bonds. The fourth-order valence-corrected chi connectivity index (χ4v) is 1.71. The Kier molecular flexibility index (Phi) is 4.15. The summed E-state index contributed by atoms with van der Waals surface area (Å²) in [5.74, 6) is 1.90. The number of rotatable bonds is 4. The largest absolute Gasteiger partial charge is 0.343 e. The smallest absolute Gasteiger partial charge is 0.264 e. The molecule has 6 nitrogen and oxygen atoms in total. The first-order chi connectivity index (χ1) is 7.86. The van der Waals surface area contributed by atoms with Crippen LogP contribution in [0.4, 0.5) is 0 Å². The zero-order valence-electron chi connectivity index (χ0n) is 8.92. The van der Waals surface area contributed by atoms with Gasteiger partial charge in [-0.1, -0.05) is 5.92 Å². The first kappa shape index (κ1) is 13.5. The summed E-state index contributed by atoms with van der Waals surface area (Å²) in [4.78, 5) is 11.4. The minimum atomic E-state index is -3.83. The van der Waals surface area contributed by atoms with Crippen LogP contribution >= 0.6 is 10.7 Å². The minimum Gasteiger partial charge on any atom is -0.343 e. The van der Waals surface area contributed by atoms with Crippen LogP contribution in [0.3, 0.4) is 0 Å². The maximum Gasteiger partial charge on any atom is 0.264 e. The maximum absolute atomic E-state index is 11.5. The fourth-order valence-electron chi connectivity index (χ4n) is 1.06. The van der Waals surface area contributed by atoms with Crippen molar-refractivity contribution in [1.82, 2.24) is 15.1 Å². The number of amides is 1. The molecule has 92 valence electrons. The van der Waals surface area contributed by atoms with Gasteiger partial charge >= 0.3 is 0 Å². The average molecular weight is 276 g/mol. The van der Waals surface area contributed by atoms with Crippen LogP contribution in [0.5, 0.6) is 0 Å². The lowest BCUT2D eigenvalue weighted by Gasteiger charge is -2.10. The Bertz CT molecular complexity index is 558. The lowest BCUT2D eigenvalue weighted by atomic mass is 10.3. The molecule has 0 bridgehead atoms. The van der Waals surface area contributed by atoms with Crippen LogP contribution < -0.4 is 5.32 Å². The van der Waals surface area contributed by atoms with Crippen LogP contribution in [0.2, 0.25) is 0 Å². The van der Waals surface area contributed by atoms with Crippen molar-refractivity contribution in [2.75, 3.05) is 6.54 Å². The summed E-state index contributed by atoms with van der Waals surface area (Å²) in [6.45, 7) is 1.66. The summed E-state index contributed by atoms with van der Waals surface area (Å²) in [6, 6.07) is -0.671. The van der Waals surface area contributed by atoms with Gasteiger partial charge in [0.25, 0.3) is 9.05 Å². The summed E-state index contributed by atoms with van der Waals surface area (Å²) in [7, 11) is 1.30. The van der Waals surface area contributed by atoms with Crippen molar-refractivity contribution in [2.24, 2.45) is 0 Å². The van der Waals surface area contributed by atoms with Crippen molar-refractivity contribution in [2.45, 2.75) is 17.9 Å². The number of hydrogen-bond acceptors (Lipinski definition) is 4. The Morgan fingerprint density at radius 2 is 2.41 bits per heavy atom. The molecular formula is C9H10ClN3O3S. The van der Waals surface area contributed by atoms with E-state index in [2.05, 4.69) is 16.3 Å². The van der Waals surface area contributed by atoms with Gasteiger partial charge in [0, 0.05) is 16.9 Å². The molecule has 1 aromatic rings. The molecule has 0 radical (unpaired) electrons. The zero-order chi connectivity index (χ0) is 13.1. The van der Waals surface area contributed by atoms with E-state index in [-0.39, 0.29) is 17.3 Å². The molecule has 0 saturated heterocycles. The molecule has 1 aromatic heterocycles. The van der Waals surface area contributed by atoms with E-state index in [9.17, 15) is 13.2 Å². The highest BCUT2D eigenvalue weighted by Gasteiger charge is 2.18. The molecule has 1 rings (SSSR count). The third kappa shape index (κ3) is 3.47. The maximum atomic E-state index is 11.5. The van der Waals surface area contributed by atoms with Gasteiger partial charge in [0.1, 0.15) is 10.9 Å². The molecule has 17 heavy (non-hydrogen) atoms. The molecule has 0 aromatic carbocycles. The highest BCUT2D eigenvalue weighted by Crippen LogP contribution is 2.15. The van der Waals surface area contributed by atoms with Crippen molar-refractivity contribution < 1.29 is 13.2 Å². The highest BCUT2D eigenvalue weighted by molar-refractivity contribution is 8.13.